The molecule has 19 heavy (non-hydrogen) atoms. The highest BCUT2D eigenvalue weighted by Gasteiger charge is 2.40. The second-order valence-corrected chi connectivity index (χ2v) is 5.56. The number of nitrogens with one attached hydrogen (secondary N) is 1. The lowest BCUT2D eigenvalue weighted by Gasteiger charge is -2.20. The van der Waals surface area contributed by atoms with Crippen LogP contribution in [-0.2, 0) is 11.3 Å². The first-order valence-electron chi connectivity index (χ1n) is 6.45. The summed E-state index contributed by atoms with van der Waals surface area (Å²) in [5.74, 6) is 0. The van der Waals surface area contributed by atoms with Gasteiger partial charge in [0.15, 0.2) is 0 Å². The van der Waals surface area contributed by atoms with Crippen molar-refractivity contribution in [2.24, 2.45) is 0 Å². The molecule has 6 heteroatoms. The van der Waals surface area contributed by atoms with Gasteiger partial charge in [-0.25, -0.2) is 0 Å². The van der Waals surface area contributed by atoms with E-state index in [-0.39, 0.29) is 16.7 Å². The Morgan fingerprint density at radius 2 is 2.32 bits per heavy atom. The molecular weight excluding hydrogens is 268 g/mol. The summed E-state index contributed by atoms with van der Waals surface area (Å²) in [6, 6.07) is 4.96. The van der Waals surface area contributed by atoms with Crippen LogP contribution in [0.15, 0.2) is 18.2 Å². The molecular formula is C13H15ClN2O3. The van der Waals surface area contributed by atoms with Crippen LogP contribution in [0.5, 0.6) is 0 Å². The summed E-state index contributed by atoms with van der Waals surface area (Å²) in [4.78, 5) is 10.6. The van der Waals surface area contributed by atoms with Crippen molar-refractivity contribution in [3.63, 3.8) is 0 Å². The van der Waals surface area contributed by atoms with E-state index in [4.69, 9.17) is 16.3 Å². The highest BCUT2D eigenvalue weighted by atomic mass is 35.5. The predicted octanol–water partition coefficient (Wildman–Crippen LogP) is 2.66. The standard InChI is InChI=1S/C13H15ClN2O3/c14-9-1-3-12(16(17)18)8(5-9)7-15-11-6-10-2-4-13(11)19-10/h1,3,5,10-11,13,15H,2,4,6-7H2. The number of fused-ring (bicyclic) bond motifs is 2. The van der Waals surface area contributed by atoms with Crippen molar-refractivity contribution in [3.8, 4) is 0 Å². The van der Waals surface area contributed by atoms with Crippen molar-refractivity contribution in [1.29, 1.82) is 0 Å². The number of rotatable bonds is 4. The van der Waals surface area contributed by atoms with Crippen molar-refractivity contribution < 1.29 is 9.66 Å². The van der Waals surface area contributed by atoms with Gasteiger partial charge in [-0.2, -0.15) is 0 Å². The van der Waals surface area contributed by atoms with Gasteiger partial charge in [-0.05, 0) is 31.4 Å². The first-order chi connectivity index (χ1) is 9.13. The van der Waals surface area contributed by atoms with E-state index in [9.17, 15) is 10.1 Å². The van der Waals surface area contributed by atoms with Gasteiger partial charge in [0.1, 0.15) is 0 Å². The summed E-state index contributed by atoms with van der Waals surface area (Å²) in [7, 11) is 0. The maximum Gasteiger partial charge on any atom is 0.273 e. The minimum absolute atomic E-state index is 0.112. The topological polar surface area (TPSA) is 64.4 Å². The molecule has 5 nitrogen and oxygen atoms in total. The monoisotopic (exact) mass is 282 g/mol. The molecule has 3 unspecified atom stereocenters. The minimum Gasteiger partial charge on any atom is -0.373 e. The molecule has 102 valence electrons. The second-order valence-electron chi connectivity index (χ2n) is 5.13. The van der Waals surface area contributed by atoms with Crippen LogP contribution in [0.25, 0.3) is 0 Å². The molecule has 0 spiro atoms. The highest BCUT2D eigenvalue weighted by Crippen LogP contribution is 2.34. The zero-order chi connectivity index (χ0) is 13.4. The van der Waals surface area contributed by atoms with Gasteiger partial charge >= 0.3 is 0 Å². The Morgan fingerprint density at radius 1 is 1.47 bits per heavy atom. The van der Waals surface area contributed by atoms with Crippen LogP contribution in [0.2, 0.25) is 5.02 Å². The van der Waals surface area contributed by atoms with Gasteiger partial charge in [0.05, 0.1) is 17.1 Å². The molecule has 3 atom stereocenters. The molecule has 0 aromatic heterocycles. The van der Waals surface area contributed by atoms with Gasteiger partial charge in [-0.3, -0.25) is 10.1 Å². The number of nitro groups is 1. The van der Waals surface area contributed by atoms with Crippen LogP contribution in [-0.4, -0.2) is 23.2 Å². The van der Waals surface area contributed by atoms with Gasteiger partial charge in [0, 0.05) is 29.2 Å². The lowest BCUT2D eigenvalue weighted by molar-refractivity contribution is -0.385. The number of nitrogens with zero attached hydrogens (tertiary/aromatic N) is 1. The minimum atomic E-state index is -0.370. The number of hydrogen-bond acceptors (Lipinski definition) is 4. The number of halogens is 1. The van der Waals surface area contributed by atoms with Crippen molar-refractivity contribution in [3.05, 3.63) is 38.9 Å². The maximum absolute atomic E-state index is 11.0. The average molecular weight is 283 g/mol. The van der Waals surface area contributed by atoms with E-state index in [1.54, 1.807) is 12.1 Å². The van der Waals surface area contributed by atoms with Crippen molar-refractivity contribution in [2.45, 2.75) is 44.1 Å². The third kappa shape index (κ3) is 2.59. The number of hydrogen-bond donors (Lipinski definition) is 1. The molecule has 2 fully saturated rings. The molecule has 1 N–H and O–H groups in total. The smallest absolute Gasteiger partial charge is 0.273 e. The Kier molecular flexibility index (Phi) is 3.43. The molecule has 2 aliphatic heterocycles. The summed E-state index contributed by atoms with van der Waals surface area (Å²) < 4.78 is 5.75. The zero-order valence-electron chi connectivity index (χ0n) is 10.3. The number of nitro benzene ring substituents is 1. The maximum atomic E-state index is 11.0. The SMILES string of the molecule is O=[N+]([O-])c1ccc(Cl)cc1CNC1CC2CCC1O2. The third-order valence-electron chi connectivity index (χ3n) is 3.90. The summed E-state index contributed by atoms with van der Waals surface area (Å²) in [6.45, 7) is 0.452. The van der Waals surface area contributed by atoms with Crippen LogP contribution >= 0.6 is 11.6 Å². The van der Waals surface area contributed by atoms with Crippen molar-refractivity contribution >= 4 is 17.3 Å². The van der Waals surface area contributed by atoms with E-state index in [0.29, 0.717) is 29.3 Å². The van der Waals surface area contributed by atoms with Gasteiger partial charge in [0.25, 0.3) is 5.69 Å². The molecule has 0 radical (unpaired) electrons. The van der Waals surface area contributed by atoms with Gasteiger partial charge in [-0.15, -0.1) is 0 Å². The molecule has 2 saturated heterocycles. The number of ether oxygens (including phenoxy) is 1. The first-order valence-corrected chi connectivity index (χ1v) is 6.83. The fraction of sp³-hybridized carbons (Fsp3) is 0.538. The Labute approximate surface area is 116 Å². The quantitative estimate of drug-likeness (QED) is 0.681. The lowest BCUT2D eigenvalue weighted by Crippen LogP contribution is -2.37. The Balaban J connectivity index is 1.69. The molecule has 1 aromatic carbocycles. The fourth-order valence-electron chi connectivity index (χ4n) is 2.97. The van der Waals surface area contributed by atoms with Crippen LogP contribution in [0.4, 0.5) is 5.69 Å². The Hall–Kier alpha value is -1.17. The lowest BCUT2D eigenvalue weighted by atomic mass is 9.95. The molecule has 0 aliphatic carbocycles. The Bertz CT molecular complexity index is 509. The highest BCUT2D eigenvalue weighted by molar-refractivity contribution is 6.30. The van der Waals surface area contributed by atoms with Gasteiger partial charge in [-0.1, -0.05) is 11.6 Å². The Morgan fingerprint density at radius 3 is 2.95 bits per heavy atom. The van der Waals surface area contributed by atoms with Crippen LogP contribution in [0.1, 0.15) is 24.8 Å². The van der Waals surface area contributed by atoms with Gasteiger partial charge in [0.2, 0.25) is 0 Å². The number of benzene rings is 1. The second kappa shape index (κ2) is 5.07. The third-order valence-corrected chi connectivity index (χ3v) is 4.13. The van der Waals surface area contributed by atoms with Crippen LogP contribution < -0.4 is 5.32 Å². The van der Waals surface area contributed by atoms with Gasteiger partial charge < -0.3 is 10.1 Å². The average Bonchev–Trinajstić information content (AvgIpc) is 2.98. The van der Waals surface area contributed by atoms with Crippen molar-refractivity contribution in [1.82, 2.24) is 5.32 Å². The van der Waals surface area contributed by atoms with Crippen LogP contribution in [0, 0.1) is 10.1 Å². The molecule has 2 heterocycles. The van der Waals surface area contributed by atoms with E-state index in [1.165, 1.54) is 6.07 Å². The molecule has 0 amide bonds. The molecule has 2 aliphatic rings. The summed E-state index contributed by atoms with van der Waals surface area (Å²) in [6.07, 6.45) is 3.86. The van der Waals surface area contributed by atoms with E-state index in [1.807, 2.05) is 0 Å². The van der Waals surface area contributed by atoms with E-state index in [2.05, 4.69) is 5.32 Å². The molecule has 2 bridgehead atoms. The largest absolute Gasteiger partial charge is 0.373 e. The first kappa shape index (κ1) is 12.8. The summed E-state index contributed by atoms with van der Waals surface area (Å²) >= 11 is 5.90. The molecule has 3 rings (SSSR count). The predicted molar refractivity (Wildman–Crippen MR) is 71.2 cm³/mol. The fourth-order valence-corrected chi connectivity index (χ4v) is 3.16. The van der Waals surface area contributed by atoms with Crippen molar-refractivity contribution in [2.75, 3.05) is 0 Å². The summed E-state index contributed by atoms with van der Waals surface area (Å²) in [5.41, 5.74) is 0.737. The van der Waals surface area contributed by atoms with E-state index < -0.39 is 0 Å². The summed E-state index contributed by atoms with van der Waals surface area (Å²) in [5, 5.41) is 14.9. The molecule has 0 saturated carbocycles. The van der Waals surface area contributed by atoms with Crippen LogP contribution in [0.3, 0.4) is 0 Å². The normalized spacial score (nSPS) is 28.8. The zero-order valence-corrected chi connectivity index (χ0v) is 11.1. The molecule has 1 aromatic rings. The van der Waals surface area contributed by atoms with E-state index >= 15 is 0 Å². The van der Waals surface area contributed by atoms with E-state index in [0.717, 1.165) is 19.3 Å².